The molecule has 0 bridgehead atoms. The largest absolute Gasteiger partial charge is 0.493 e. The van der Waals surface area contributed by atoms with E-state index in [0.717, 1.165) is 5.56 Å². The van der Waals surface area contributed by atoms with Crippen LogP contribution in [-0.2, 0) is 17.0 Å². The predicted molar refractivity (Wildman–Crippen MR) is 150 cm³/mol. The van der Waals surface area contributed by atoms with Crippen molar-refractivity contribution >= 4 is 34.0 Å². The maximum Gasteiger partial charge on any atom is 0.335 e. The van der Waals surface area contributed by atoms with Crippen LogP contribution in [0, 0.1) is 0 Å². The molecule has 4 rings (SSSR count). The first-order chi connectivity index (χ1) is 18.8. The molecule has 0 saturated heterocycles. The summed E-state index contributed by atoms with van der Waals surface area (Å²) < 4.78 is 12.0. The lowest BCUT2D eigenvalue weighted by Crippen LogP contribution is -2.43. The van der Waals surface area contributed by atoms with Crippen LogP contribution in [0.15, 0.2) is 107 Å². The summed E-state index contributed by atoms with van der Waals surface area (Å²) in [6.07, 6.45) is 1.43. The zero-order valence-corrected chi connectivity index (χ0v) is 22.5. The summed E-state index contributed by atoms with van der Waals surface area (Å²) in [4.78, 5) is 24.3. The van der Waals surface area contributed by atoms with E-state index in [1.165, 1.54) is 25.5 Å². The van der Waals surface area contributed by atoms with Crippen LogP contribution in [0.4, 0.5) is 0 Å². The lowest BCUT2D eigenvalue weighted by atomic mass is 9.85. The lowest BCUT2D eigenvalue weighted by molar-refractivity contribution is -0.136. The van der Waals surface area contributed by atoms with Gasteiger partial charge in [0, 0.05) is 0 Å². The van der Waals surface area contributed by atoms with Crippen LogP contribution in [0.2, 0.25) is 0 Å². The Morgan fingerprint density at radius 2 is 1.54 bits per heavy atom. The Hall–Kier alpha value is -4.47. The highest BCUT2D eigenvalue weighted by Gasteiger charge is 2.39. The van der Waals surface area contributed by atoms with Gasteiger partial charge in [0.1, 0.15) is 6.61 Å². The van der Waals surface area contributed by atoms with Gasteiger partial charge in [0.25, 0.3) is 5.91 Å². The van der Waals surface area contributed by atoms with Gasteiger partial charge in [0.05, 0.1) is 23.4 Å². The zero-order valence-electron chi connectivity index (χ0n) is 20.9. The highest BCUT2D eigenvalue weighted by atomic mass is 79.9. The number of halogens is 1. The number of nitrogens with one attached hydrogen (secondary N) is 1. The molecule has 0 aromatic heterocycles. The first kappa shape index (κ1) is 27.6. The average Bonchev–Trinajstić information content (AvgIpc) is 2.97. The number of ether oxygens (including phenoxy) is 2. The topological polar surface area (TPSA) is 117 Å². The van der Waals surface area contributed by atoms with E-state index >= 15 is 0 Å². The number of rotatable bonds is 10. The number of nitrogens with zero attached hydrogens (tertiary/aromatic N) is 1. The molecular formula is C30H25BrN2O6. The van der Waals surface area contributed by atoms with E-state index < -0.39 is 17.5 Å². The number of amides is 1. The lowest BCUT2D eigenvalue weighted by Gasteiger charge is -2.27. The molecule has 0 radical (unpaired) electrons. The Labute approximate surface area is 233 Å². The van der Waals surface area contributed by atoms with Crippen molar-refractivity contribution < 1.29 is 29.3 Å². The summed E-state index contributed by atoms with van der Waals surface area (Å²) >= 11 is 3.49. The van der Waals surface area contributed by atoms with Crippen molar-refractivity contribution in [2.75, 3.05) is 7.11 Å². The molecule has 9 heteroatoms. The quantitative estimate of drug-likeness (QED) is 0.175. The van der Waals surface area contributed by atoms with Crippen molar-refractivity contribution in [3.8, 4) is 11.5 Å². The Balaban J connectivity index is 1.50. The molecule has 39 heavy (non-hydrogen) atoms. The van der Waals surface area contributed by atoms with E-state index in [4.69, 9.17) is 14.6 Å². The van der Waals surface area contributed by atoms with Crippen molar-refractivity contribution in [1.29, 1.82) is 0 Å². The highest BCUT2D eigenvalue weighted by molar-refractivity contribution is 9.10. The fourth-order valence-corrected chi connectivity index (χ4v) is 4.46. The van der Waals surface area contributed by atoms with Crippen molar-refractivity contribution in [2.24, 2.45) is 5.10 Å². The minimum Gasteiger partial charge on any atom is -0.493 e. The minimum atomic E-state index is -1.95. The third kappa shape index (κ3) is 6.34. The van der Waals surface area contributed by atoms with Crippen LogP contribution >= 0.6 is 15.9 Å². The number of carbonyl (C=O) groups excluding carboxylic acids is 1. The van der Waals surface area contributed by atoms with Gasteiger partial charge in [-0.25, -0.2) is 10.2 Å². The smallest absolute Gasteiger partial charge is 0.335 e. The van der Waals surface area contributed by atoms with Crippen LogP contribution < -0.4 is 14.9 Å². The van der Waals surface area contributed by atoms with Crippen molar-refractivity contribution in [3.05, 3.63) is 129 Å². The molecule has 0 unspecified atom stereocenters. The van der Waals surface area contributed by atoms with Gasteiger partial charge in [0.15, 0.2) is 17.1 Å². The van der Waals surface area contributed by atoms with Crippen LogP contribution in [-0.4, -0.2) is 35.4 Å². The number of hydrazone groups is 1. The second kappa shape index (κ2) is 12.4. The number of aromatic carboxylic acids is 1. The molecule has 0 aliphatic heterocycles. The van der Waals surface area contributed by atoms with Crippen molar-refractivity contribution in [2.45, 2.75) is 12.2 Å². The number of benzene rings is 4. The van der Waals surface area contributed by atoms with E-state index in [1.54, 1.807) is 84.9 Å². The SMILES string of the molecule is COc1cc(/C=N\NC(=O)C(O)(c2ccccc2)c2ccccc2)cc(Br)c1OCc1ccc(C(=O)O)cc1. The number of hydrogen-bond acceptors (Lipinski definition) is 6. The molecule has 0 spiro atoms. The number of carboxylic acid groups (broad SMARTS) is 1. The Bertz CT molecular complexity index is 1440. The Kier molecular flexibility index (Phi) is 8.75. The van der Waals surface area contributed by atoms with Gasteiger partial charge in [-0.3, -0.25) is 4.79 Å². The van der Waals surface area contributed by atoms with Gasteiger partial charge in [0.2, 0.25) is 0 Å². The van der Waals surface area contributed by atoms with E-state index in [-0.39, 0.29) is 12.2 Å². The number of hydrogen-bond donors (Lipinski definition) is 3. The molecule has 0 aliphatic carbocycles. The van der Waals surface area contributed by atoms with Gasteiger partial charge in [-0.1, -0.05) is 72.8 Å². The first-order valence-corrected chi connectivity index (χ1v) is 12.6. The Morgan fingerprint density at radius 3 is 2.08 bits per heavy atom. The molecule has 0 saturated carbocycles. The van der Waals surface area contributed by atoms with Crippen LogP contribution in [0.5, 0.6) is 11.5 Å². The summed E-state index contributed by atoms with van der Waals surface area (Å²) in [5.41, 5.74) is 2.90. The first-order valence-electron chi connectivity index (χ1n) is 11.8. The standard InChI is InChI=1S/C30H25BrN2O6/c1-38-26-17-21(16-25(31)27(26)39-19-20-12-14-22(15-13-20)28(34)35)18-32-33-29(36)30(37,23-8-4-2-5-9-23)24-10-6-3-7-11-24/h2-18,37H,19H2,1H3,(H,33,36)(H,34,35)/b32-18-. The molecule has 3 N–H and O–H groups in total. The minimum absolute atomic E-state index is 0.190. The van der Waals surface area contributed by atoms with Crippen LogP contribution in [0.1, 0.15) is 32.6 Å². The monoisotopic (exact) mass is 588 g/mol. The number of carboxylic acids is 1. The predicted octanol–water partition coefficient (Wildman–Crippen LogP) is 5.12. The molecular weight excluding hydrogens is 564 g/mol. The van der Waals surface area contributed by atoms with E-state index in [1.807, 2.05) is 0 Å². The van der Waals surface area contributed by atoms with E-state index in [9.17, 15) is 14.7 Å². The van der Waals surface area contributed by atoms with E-state index in [2.05, 4.69) is 26.5 Å². The van der Waals surface area contributed by atoms with Crippen molar-refractivity contribution in [1.82, 2.24) is 5.43 Å². The van der Waals surface area contributed by atoms with Crippen molar-refractivity contribution in [3.63, 3.8) is 0 Å². The second-order valence-corrected chi connectivity index (χ2v) is 9.32. The van der Waals surface area contributed by atoms with Gasteiger partial charge in [-0.2, -0.15) is 5.10 Å². The summed E-state index contributed by atoms with van der Waals surface area (Å²) in [5, 5.41) is 24.6. The summed E-state index contributed by atoms with van der Waals surface area (Å²) in [6.45, 7) is 0.190. The number of carbonyl (C=O) groups is 2. The molecule has 0 fully saturated rings. The third-order valence-corrected chi connectivity index (χ3v) is 6.52. The third-order valence-electron chi connectivity index (χ3n) is 5.93. The molecule has 4 aromatic carbocycles. The molecule has 0 heterocycles. The second-order valence-electron chi connectivity index (χ2n) is 8.47. The molecule has 0 aliphatic rings. The molecule has 0 atom stereocenters. The highest BCUT2D eigenvalue weighted by Crippen LogP contribution is 2.37. The maximum atomic E-state index is 13.2. The fraction of sp³-hybridized carbons (Fsp3) is 0.100. The molecule has 4 aromatic rings. The fourth-order valence-electron chi connectivity index (χ4n) is 3.89. The molecule has 198 valence electrons. The van der Waals surface area contributed by atoms with Gasteiger partial charge in [-0.15, -0.1) is 0 Å². The van der Waals surface area contributed by atoms with Crippen LogP contribution in [0.3, 0.4) is 0 Å². The summed E-state index contributed by atoms with van der Waals surface area (Å²) in [5.74, 6) is -0.839. The van der Waals surface area contributed by atoms with Gasteiger partial charge >= 0.3 is 5.97 Å². The summed E-state index contributed by atoms with van der Waals surface area (Å²) in [7, 11) is 1.50. The van der Waals surface area contributed by atoms with Gasteiger partial charge < -0.3 is 19.7 Å². The molecule has 1 amide bonds. The summed E-state index contributed by atoms with van der Waals surface area (Å²) in [6, 6.07) is 27.1. The average molecular weight is 589 g/mol. The zero-order chi connectivity index (χ0) is 27.8. The normalized spacial score (nSPS) is 11.3. The molecule has 8 nitrogen and oxygen atoms in total. The van der Waals surface area contributed by atoms with Gasteiger partial charge in [-0.05, 0) is 62.4 Å². The Morgan fingerprint density at radius 1 is 0.949 bits per heavy atom. The van der Waals surface area contributed by atoms with E-state index in [0.29, 0.717) is 32.7 Å². The van der Waals surface area contributed by atoms with Crippen LogP contribution in [0.25, 0.3) is 0 Å². The number of methoxy groups -OCH3 is 1. The maximum absolute atomic E-state index is 13.2. The number of aliphatic hydroxyl groups is 1.